The summed E-state index contributed by atoms with van der Waals surface area (Å²) in [6.45, 7) is 1.11. The van der Waals surface area contributed by atoms with Crippen LogP contribution in [0, 0.1) is 0 Å². The van der Waals surface area contributed by atoms with Crippen LogP contribution in [-0.2, 0) is 11.3 Å². The summed E-state index contributed by atoms with van der Waals surface area (Å²) >= 11 is 11.9. The van der Waals surface area contributed by atoms with Gasteiger partial charge in [0.15, 0.2) is 5.65 Å². The number of amides is 1. The average molecular weight is 364 g/mol. The Labute approximate surface area is 148 Å². The lowest BCUT2D eigenvalue weighted by Gasteiger charge is -2.06. The van der Waals surface area contributed by atoms with Crippen molar-refractivity contribution < 1.29 is 4.79 Å². The number of aromatic nitrogens is 3. The van der Waals surface area contributed by atoms with Gasteiger partial charge in [-0.2, -0.15) is 0 Å². The van der Waals surface area contributed by atoms with E-state index in [0.717, 1.165) is 5.56 Å². The van der Waals surface area contributed by atoms with Crippen LogP contribution in [0.4, 0.5) is 5.95 Å². The Kier molecular flexibility index (Phi) is 5.30. The highest BCUT2D eigenvalue weighted by atomic mass is 35.5. The van der Waals surface area contributed by atoms with E-state index in [1.807, 2.05) is 18.2 Å². The van der Waals surface area contributed by atoms with Crippen LogP contribution >= 0.6 is 23.2 Å². The van der Waals surface area contributed by atoms with E-state index >= 15 is 0 Å². The minimum Gasteiger partial charge on any atom is -0.312 e. The minimum atomic E-state index is -0.134. The zero-order chi connectivity index (χ0) is 16.9. The Morgan fingerprint density at radius 2 is 2.00 bits per heavy atom. The van der Waals surface area contributed by atoms with Crippen molar-refractivity contribution in [3.63, 3.8) is 0 Å². The molecule has 124 valence electrons. The summed E-state index contributed by atoms with van der Waals surface area (Å²) in [4.78, 5) is 23.3. The molecule has 3 aromatic rings. The van der Waals surface area contributed by atoms with Gasteiger partial charge < -0.3 is 10.3 Å². The van der Waals surface area contributed by atoms with E-state index in [9.17, 15) is 4.79 Å². The summed E-state index contributed by atoms with van der Waals surface area (Å²) in [5.41, 5.74) is 2.32. The predicted octanol–water partition coefficient (Wildman–Crippen LogP) is 3.38. The topological polar surface area (TPSA) is 82.7 Å². The van der Waals surface area contributed by atoms with Crippen molar-refractivity contribution in [2.24, 2.45) is 0 Å². The van der Waals surface area contributed by atoms with Gasteiger partial charge >= 0.3 is 0 Å². The molecule has 8 heteroatoms. The van der Waals surface area contributed by atoms with Crippen LogP contribution in [0.5, 0.6) is 0 Å². The number of anilines is 1. The second kappa shape index (κ2) is 7.61. The van der Waals surface area contributed by atoms with Gasteiger partial charge in [-0.1, -0.05) is 23.2 Å². The fourth-order valence-electron chi connectivity index (χ4n) is 2.25. The third-order valence-corrected chi connectivity index (χ3v) is 3.73. The first-order chi connectivity index (χ1) is 11.6. The highest BCUT2D eigenvalue weighted by Crippen LogP contribution is 2.18. The first-order valence-electron chi connectivity index (χ1n) is 7.36. The maximum atomic E-state index is 11.9. The highest BCUT2D eigenvalue weighted by molar-refractivity contribution is 6.34. The predicted molar refractivity (Wildman–Crippen MR) is 95.3 cm³/mol. The van der Waals surface area contributed by atoms with Gasteiger partial charge in [-0.3, -0.25) is 10.1 Å². The molecule has 24 heavy (non-hydrogen) atoms. The number of imidazole rings is 1. The van der Waals surface area contributed by atoms with Gasteiger partial charge in [-0.25, -0.2) is 9.97 Å². The number of carbonyl (C=O) groups excluding carboxylic acids is 1. The molecule has 0 aliphatic rings. The van der Waals surface area contributed by atoms with E-state index in [1.165, 1.54) is 0 Å². The van der Waals surface area contributed by atoms with Crippen molar-refractivity contribution in [2.45, 2.75) is 13.0 Å². The standard InChI is InChI=1S/C16H15Cl2N5O/c17-11-6-10(7-12(18)8-11)9-19-5-3-14(24)22-16-21-13-2-1-4-20-15(13)23-16/h1-2,4,6-8,19H,3,5,9H2,(H2,20,21,22,23,24). The Balaban J connectivity index is 1.45. The maximum Gasteiger partial charge on any atom is 0.227 e. The van der Waals surface area contributed by atoms with Crippen LogP contribution in [0.1, 0.15) is 12.0 Å². The molecule has 0 spiro atoms. The lowest BCUT2D eigenvalue weighted by atomic mass is 10.2. The zero-order valence-electron chi connectivity index (χ0n) is 12.6. The molecule has 0 saturated carbocycles. The van der Waals surface area contributed by atoms with E-state index in [1.54, 1.807) is 18.3 Å². The van der Waals surface area contributed by atoms with E-state index in [0.29, 0.717) is 46.7 Å². The molecule has 1 aromatic carbocycles. The molecule has 3 N–H and O–H groups in total. The molecule has 0 unspecified atom stereocenters. The molecule has 1 amide bonds. The molecule has 3 rings (SSSR count). The summed E-state index contributed by atoms with van der Waals surface area (Å²) in [7, 11) is 0. The third-order valence-electron chi connectivity index (χ3n) is 3.29. The molecule has 0 aliphatic heterocycles. The number of fused-ring (bicyclic) bond motifs is 1. The SMILES string of the molecule is O=C(CCNCc1cc(Cl)cc(Cl)c1)Nc1nc2cccnc2[nH]1. The highest BCUT2D eigenvalue weighted by Gasteiger charge is 2.07. The van der Waals surface area contributed by atoms with Gasteiger partial charge in [0.1, 0.15) is 5.52 Å². The summed E-state index contributed by atoms with van der Waals surface area (Å²) in [5.74, 6) is 0.265. The molecule has 2 aromatic heterocycles. The number of pyridine rings is 1. The number of nitrogens with one attached hydrogen (secondary N) is 3. The van der Waals surface area contributed by atoms with Gasteiger partial charge in [0.2, 0.25) is 11.9 Å². The van der Waals surface area contributed by atoms with Crippen LogP contribution in [0.25, 0.3) is 11.2 Å². The monoisotopic (exact) mass is 363 g/mol. The van der Waals surface area contributed by atoms with Gasteiger partial charge in [-0.15, -0.1) is 0 Å². The molecule has 6 nitrogen and oxygen atoms in total. The lowest BCUT2D eigenvalue weighted by Crippen LogP contribution is -2.21. The number of hydrogen-bond donors (Lipinski definition) is 3. The van der Waals surface area contributed by atoms with Crippen molar-refractivity contribution in [3.8, 4) is 0 Å². The number of hydrogen-bond acceptors (Lipinski definition) is 4. The summed E-state index contributed by atoms with van der Waals surface area (Å²) < 4.78 is 0. The van der Waals surface area contributed by atoms with Gasteiger partial charge in [-0.05, 0) is 35.9 Å². The number of H-pyrrole nitrogens is 1. The molecule has 0 atom stereocenters. The molecule has 0 radical (unpaired) electrons. The fraction of sp³-hybridized carbons (Fsp3) is 0.188. The van der Waals surface area contributed by atoms with Crippen LogP contribution in [0.2, 0.25) is 10.0 Å². The average Bonchev–Trinajstić information content (AvgIpc) is 2.92. The van der Waals surface area contributed by atoms with Crippen LogP contribution in [-0.4, -0.2) is 27.4 Å². The second-order valence-corrected chi connectivity index (χ2v) is 6.08. The Bertz CT molecular complexity index is 811. The Morgan fingerprint density at radius 1 is 1.21 bits per heavy atom. The van der Waals surface area contributed by atoms with Gasteiger partial charge in [0.25, 0.3) is 0 Å². The van der Waals surface area contributed by atoms with Crippen molar-refractivity contribution >= 4 is 46.2 Å². The molecule has 0 aliphatic carbocycles. The number of benzene rings is 1. The second-order valence-electron chi connectivity index (χ2n) is 5.21. The van der Waals surface area contributed by atoms with Crippen molar-refractivity contribution in [1.29, 1.82) is 0 Å². The van der Waals surface area contributed by atoms with E-state index in [2.05, 4.69) is 25.6 Å². The number of carbonyl (C=O) groups is 1. The van der Waals surface area contributed by atoms with E-state index < -0.39 is 0 Å². The fourth-order valence-corrected chi connectivity index (χ4v) is 2.82. The first kappa shape index (κ1) is 16.7. The Hall–Kier alpha value is -2.15. The van der Waals surface area contributed by atoms with E-state index in [-0.39, 0.29) is 5.91 Å². The number of halogens is 2. The number of nitrogens with zero attached hydrogens (tertiary/aromatic N) is 2. The largest absolute Gasteiger partial charge is 0.312 e. The van der Waals surface area contributed by atoms with Crippen molar-refractivity contribution in [1.82, 2.24) is 20.3 Å². The minimum absolute atomic E-state index is 0.134. The molecule has 0 bridgehead atoms. The number of aromatic amines is 1. The number of rotatable bonds is 6. The molecule has 0 fully saturated rings. The van der Waals surface area contributed by atoms with Gasteiger partial charge in [0.05, 0.1) is 0 Å². The van der Waals surface area contributed by atoms with E-state index in [4.69, 9.17) is 23.2 Å². The summed E-state index contributed by atoms with van der Waals surface area (Å²) in [6.07, 6.45) is 1.98. The van der Waals surface area contributed by atoms with Crippen molar-refractivity contribution in [3.05, 3.63) is 52.1 Å². The normalized spacial score (nSPS) is 10.9. The summed E-state index contributed by atoms with van der Waals surface area (Å²) in [5, 5.41) is 7.08. The third kappa shape index (κ3) is 4.44. The lowest BCUT2D eigenvalue weighted by molar-refractivity contribution is -0.116. The maximum absolute atomic E-state index is 11.9. The first-order valence-corrected chi connectivity index (χ1v) is 8.12. The Morgan fingerprint density at radius 3 is 2.75 bits per heavy atom. The summed E-state index contributed by atoms with van der Waals surface area (Å²) in [6, 6.07) is 8.97. The molecule has 0 saturated heterocycles. The molecule has 2 heterocycles. The van der Waals surface area contributed by atoms with Crippen LogP contribution < -0.4 is 10.6 Å². The van der Waals surface area contributed by atoms with Gasteiger partial charge in [0, 0.05) is 35.8 Å². The quantitative estimate of drug-likeness (QED) is 0.586. The van der Waals surface area contributed by atoms with Crippen LogP contribution in [0.15, 0.2) is 36.5 Å². The smallest absolute Gasteiger partial charge is 0.227 e. The molecular formula is C16H15Cl2N5O. The van der Waals surface area contributed by atoms with Crippen molar-refractivity contribution in [2.75, 3.05) is 11.9 Å². The van der Waals surface area contributed by atoms with Crippen LogP contribution in [0.3, 0.4) is 0 Å². The zero-order valence-corrected chi connectivity index (χ0v) is 14.2. The molecular weight excluding hydrogens is 349 g/mol.